The van der Waals surface area contributed by atoms with E-state index in [1.165, 1.54) is 11.3 Å². The summed E-state index contributed by atoms with van der Waals surface area (Å²) in [7, 11) is 1.59. The molecule has 7 nitrogen and oxygen atoms in total. The Morgan fingerprint density at radius 2 is 2.28 bits per heavy atom. The number of hydrogen-bond donors (Lipinski definition) is 2. The summed E-state index contributed by atoms with van der Waals surface area (Å²) in [6, 6.07) is 0. The van der Waals surface area contributed by atoms with Gasteiger partial charge in [-0.15, -0.1) is 11.3 Å². The lowest BCUT2D eigenvalue weighted by atomic mass is 9.86. The van der Waals surface area contributed by atoms with Crippen LogP contribution in [-0.2, 0) is 28.9 Å². The molecule has 0 spiro atoms. The number of ether oxygens (including phenoxy) is 1. The molecule has 2 aromatic heterocycles. The quantitative estimate of drug-likeness (QED) is 0.771. The topological polar surface area (TPSA) is 102 Å². The number of thiophene rings is 1. The lowest BCUT2D eigenvalue weighted by molar-refractivity contribution is -0.139. The number of aliphatic hydroxyl groups is 1. The first-order valence-corrected chi connectivity index (χ1v) is 9.27. The van der Waals surface area contributed by atoms with Crippen LogP contribution in [0.2, 0.25) is 0 Å². The minimum Gasteiger partial charge on any atom is -0.481 e. The second-order valence-corrected chi connectivity index (χ2v) is 7.29. The van der Waals surface area contributed by atoms with Crippen LogP contribution >= 0.6 is 11.3 Å². The Balaban J connectivity index is 2.21. The van der Waals surface area contributed by atoms with Gasteiger partial charge in [0.1, 0.15) is 10.7 Å². The maximum Gasteiger partial charge on any atom is 0.311 e. The molecule has 1 unspecified atom stereocenters. The molecule has 0 bridgehead atoms. The number of aromatic nitrogens is 2. The number of aliphatic carboxylic acids is 1. The van der Waals surface area contributed by atoms with Crippen molar-refractivity contribution in [3.63, 3.8) is 0 Å². The van der Waals surface area contributed by atoms with Crippen LogP contribution in [0.25, 0.3) is 10.2 Å². The molecule has 1 aliphatic carbocycles. The predicted molar refractivity (Wildman–Crippen MR) is 94.5 cm³/mol. The summed E-state index contributed by atoms with van der Waals surface area (Å²) < 4.78 is 6.68. The highest BCUT2D eigenvalue weighted by Crippen LogP contribution is 2.40. The number of carboxylic acid groups (broad SMARTS) is 1. The average Bonchev–Trinajstić information content (AvgIpc) is 2.97. The molecular formula is C17H22N2O5S. The van der Waals surface area contributed by atoms with E-state index in [1.54, 1.807) is 11.7 Å². The lowest BCUT2D eigenvalue weighted by Gasteiger charge is -2.19. The third-order valence-electron chi connectivity index (χ3n) is 4.62. The van der Waals surface area contributed by atoms with Crippen LogP contribution < -0.4 is 5.56 Å². The van der Waals surface area contributed by atoms with Crippen molar-refractivity contribution in [3.05, 3.63) is 26.6 Å². The third-order valence-corrected chi connectivity index (χ3v) is 5.78. The summed E-state index contributed by atoms with van der Waals surface area (Å²) in [6.45, 7) is 0.785. The van der Waals surface area contributed by atoms with Gasteiger partial charge in [0.15, 0.2) is 0 Å². The lowest BCUT2D eigenvalue weighted by Crippen LogP contribution is -2.28. The summed E-state index contributed by atoms with van der Waals surface area (Å²) in [4.78, 5) is 31.0. The molecule has 1 atom stereocenters. The van der Waals surface area contributed by atoms with E-state index in [4.69, 9.17) is 9.84 Å². The number of hydrogen-bond acceptors (Lipinski definition) is 6. The predicted octanol–water partition coefficient (Wildman–Crippen LogP) is 1.53. The molecule has 0 saturated carbocycles. The number of carboxylic acids is 1. The summed E-state index contributed by atoms with van der Waals surface area (Å²) >= 11 is 1.44. The van der Waals surface area contributed by atoms with Gasteiger partial charge in [-0.05, 0) is 31.2 Å². The number of fused-ring (bicyclic) bond motifs is 3. The van der Waals surface area contributed by atoms with Gasteiger partial charge in [-0.25, -0.2) is 4.98 Å². The zero-order valence-electron chi connectivity index (χ0n) is 14.2. The smallest absolute Gasteiger partial charge is 0.311 e. The molecular weight excluding hydrogens is 344 g/mol. The van der Waals surface area contributed by atoms with E-state index >= 15 is 0 Å². The van der Waals surface area contributed by atoms with E-state index in [-0.39, 0.29) is 12.2 Å². The van der Waals surface area contributed by atoms with E-state index in [0.717, 1.165) is 17.7 Å². The number of carbonyl (C=O) groups is 1. The Morgan fingerprint density at radius 3 is 2.96 bits per heavy atom. The summed E-state index contributed by atoms with van der Waals surface area (Å²) in [5.74, 6) is -0.896. The number of nitrogens with zero attached hydrogens (tertiary/aromatic N) is 2. The monoisotopic (exact) mass is 366 g/mol. The zero-order valence-corrected chi connectivity index (χ0v) is 15.0. The van der Waals surface area contributed by atoms with Crippen LogP contribution in [0, 0.1) is 0 Å². The molecule has 0 aliphatic heterocycles. The molecule has 0 aromatic carbocycles. The summed E-state index contributed by atoms with van der Waals surface area (Å²) in [5, 5.41) is 19.1. The van der Waals surface area contributed by atoms with Crippen LogP contribution in [0.15, 0.2) is 4.79 Å². The fourth-order valence-corrected chi connectivity index (χ4v) is 4.73. The van der Waals surface area contributed by atoms with Crippen molar-refractivity contribution in [2.45, 2.75) is 44.6 Å². The molecule has 2 N–H and O–H groups in total. The first-order valence-electron chi connectivity index (χ1n) is 8.46. The fourth-order valence-electron chi connectivity index (χ4n) is 3.45. The molecule has 0 saturated heterocycles. The highest BCUT2D eigenvalue weighted by molar-refractivity contribution is 7.18. The summed E-state index contributed by atoms with van der Waals surface area (Å²) in [5.41, 5.74) is 0.461. The maximum atomic E-state index is 13.1. The third kappa shape index (κ3) is 3.33. The van der Waals surface area contributed by atoms with Gasteiger partial charge < -0.3 is 14.9 Å². The molecule has 8 heteroatoms. The number of aliphatic hydroxyl groups excluding tert-OH is 1. The molecule has 2 aromatic rings. The summed E-state index contributed by atoms with van der Waals surface area (Å²) in [6.07, 6.45) is 3.10. The molecule has 1 aliphatic rings. The Hall–Kier alpha value is -1.77. The van der Waals surface area contributed by atoms with E-state index in [2.05, 4.69) is 4.98 Å². The molecule has 2 heterocycles. The van der Waals surface area contributed by atoms with Crippen molar-refractivity contribution in [2.75, 3.05) is 20.3 Å². The van der Waals surface area contributed by atoms with Gasteiger partial charge >= 0.3 is 5.97 Å². The first-order chi connectivity index (χ1) is 12.1. The molecule has 0 fully saturated rings. The molecule has 25 heavy (non-hydrogen) atoms. The van der Waals surface area contributed by atoms with Gasteiger partial charge in [0.2, 0.25) is 0 Å². The van der Waals surface area contributed by atoms with E-state index < -0.39 is 11.9 Å². The standard InChI is InChI=1S/C17H22N2O5S/c1-24-9-6-12-18-15-14(16(21)19(12)7-3-8-20)13-10(17(22)23)4-2-5-11(13)25-15/h10,20H,2-9H2,1H3,(H,22,23). The van der Waals surface area contributed by atoms with Gasteiger partial charge in [0, 0.05) is 31.6 Å². The highest BCUT2D eigenvalue weighted by Gasteiger charge is 2.32. The molecule has 3 rings (SSSR count). The fraction of sp³-hybridized carbons (Fsp3) is 0.588. The average molecular weight is 366 g/mol. The number of rotatable bonds is 7. The van der Waals surface area contributed by atoms with Crippen LogP contribution in [0.1, 0.15) is 41.4 Å². The number of methoxy groups -OCH3 is 1. The highest BCUT2D eigenvalue weighted by atomic mass is 32.1. The Kier molecular flexibility index (Phi) is 5.51. The minimum atomic E-state index is -0.884. The number of aryl methyl sites for hydroxylation is 1. The van der Waals surface area contributed by atoms with Crippen LogP contribution in [0.3, 0.4) is 0 Å². The second kappa shape index (κ2) is 7.63. The second-order valence-electron chi connectivity index (χ2n) is 6.21. The van der Waals surface area contributed by atoms with E-state index in [1.807, 2.05) is 0 Å². The SMILES string of the molecule is COCCc1nc2sc3c(c2c(=O)n1CCCO)C(C(=O)O)CCC3. The maximum absolute atomic E-state index is 13.1. The Morgan fingerprint density at radius 1 is 1.48 bits per heavy atom. The molecule has 0 radical (unpaired) electrons. The normalized spacial score (nSPS) is 17.0. The van der Waals surface area contributed by atoms with Crippen molar-refractivity contribution in [3.8, 4) is 0 Å². The van der Waals surface area contributed by atoms with E-state index in [9.17, 15) is 14.7 Å². The van der Waals surface area contributed by atoms with E-state index in [0.29, 0.717) is 54.0 Å². The van der Waals surface area contributed by atoms with Gasteiger partial charge in [-0.2, -0.15) is 0 Å². The van der Waals surface area contributed by atoms with Gasteiger partial charge in [-0.3, -0.25) is 14.2 Å². The van der Waals surface area contributed by atoms with Crippen molar-refractivity contribution in [1.82, 2.24) is 9.55 Å². The molecule has 0 amide bonds. The Labute approximate surface area is 148 Å². The Bertz CT molecular complexity index is 842. The zero-order chi connectivity index (χ0) is 18.0. The van der Waals surface area contributed by atoms with Gasteiger partial charge in [-0.1, -0.05) is 0 Å². The molecule has 136 valence electrons. The van der Waals surface area contributed by atoms with Crippen LogP contribution in [0.5, 0.6) is 0 Å². The minimum absolute atomic E-state index is 0.0201. The van der Waals surface area contributed by atoms with Crippen molar-refractivity contribution in [1.29, 1.82) is 0 Å². The van der Waals surface area contributed by atoms with Gasteiger partial charge in [0.05, 0.1) is 17.9 Å². The largest absolute Gasteiger partial charge is 0.481 e. The van der Waals surface area contributed by atoms with Gasteiger partial charge in [0.25, 0.3) is 5.56 Å². The van der Waals surface area contributed by atoms with Crippen LogP contribution in [-0.4, -0.2) is 46.1 Å². The van der Waals surface area contributed by atoms with Crippen LogP contribution in [0.4, 0.5) is 0 Å². The van der Waals surface area contributed by atoms with Crippen molar-refractivity contribution < 1.29 is 19.7 Å². The van der Waals surface area contributed by atoms with Crippen molar-refractivity contribution >= 4 is 27.5 Å². The van der Waals surface area contributed by atoms with Crippen molar-refractivity contribution in [2.24, 2.45) is 0 Å². The first kappa shape index (κ1) is 18.0.